The van der Waals surface area contributed by atoms with E-state index in [-0.39, 0.29) is 5.56 Å². The van der Waals surface area contributed by atoms with Crippen molar-refractivity contribution in [1.29, 1.82) is 0 Å². The number of halogens is 1. The zero-order valence-corrected chi connectivity index (χ0v) is 11.6. The lowest BCUT2D eigenvalue weighted by molar-refractivity contribution is -0.120. The van der Waals surface area contributed by atoms with Gasteiger partial charge in [-0.05, 0) is 18.2 Å². The maximum atomic E-state index is 13.7. The van der Waals surface area contributed by atoms with E-state index < -0.39 is 39.2 Å². The summed E-state index contributed by atoms with van der Waals surface area (Å²) in [6.07, 6.45) is 0. The van der Waals surface area contributed by atoms with Gasteiger partial charge in [-0.15, -0.1) is 0 Å². The number of aromatic carboxylic acids is 1. The molecule has 0 aliphatic heterocycles. The van der Waals surface area contributed by atoms with Gasteiger partial charge in [0, 0.05) is 14.1 Å². The van der Waals surface area contributed by atoms with Gasteiger partial charge in [-0.3, -0.25) is 4.79 Å². The molecule has 7 nitrogen and oxygen atoms in total. The van der Waals surface area contributed by atoms with Crippen LogP contribution >= 0.6 is 0 Å². The lowest BCUT2D eigenvalue weighted by atomic mass is 10.2. The fourth-order valence-corrected chi connectivity index (χ4v) is 2.55. The molecule has 0 heterocycles. The summed E-state index contributed by atoms with van der Waals surface area (Å²) in [6, 6.07) is 2.45. The summed E-state index contributed by atoms with van der Waals surface area (Å²) >= 11 is 0. The third-order valence-corrected chi connectivity index (χ3v) is 4.35. The first-order valence-corrected chi connectivity index (χ1v) is 6.84. The Balaban J connectivity index is 3.16. The van der Waals surface area contributed by atoms with Crippen molar-refractivity contribution in [2.75, 3.05) is 20.6 Å². The lowest BCUT2D eigenvalue weighted by Crippen LogP contribution is -2.37. The molecule has 1 amide bonds. The Bertz CT molecular complexity index is 644. The number of nitrogens with zero attached hydrogens (tertiary/aromatic N) is 1. The number of nitrogens with one attached hydrogen (secondary N) is 1. The average Bonchev–Trinajstić information content (AvgIpc) is 2.37. The molecule has 0 fully saturated rings. The van der Waals surface area contributed by atoms with E-state index >= 15 is 0 Å². The molecule has 1 aromatic rings. The van der Waals surface area contributed by atoms with E-state index in [1.165, 1.54) is 7.05 Å². The predicted octanol–water partition coefficient (Wildman–Crippen LogP) is -0.110. The van der Waals surface area contributed by atoms with E-state index in [1.54, 1.807) is 0 Å². The average molecular weight is 304 g/mol. The maximum absolute atomic E-state index is 13.7. The number of benzene rings is 1. The second-order valence-electron chi connectivity index (χ2n) is 3.88. The summed E-state index contributed by atoms with van der Waals surface area (Å²) in [4.78, 5) is 21.1. The van der Waals surface area contributed by atoms with Gasteiger partial charge in [0.1, 0.15) is 10.7 Å². The molecule has 0 bridgehead atoms. The number of carbonyl (C=O) groups is 2. The Morgan fingerprint density at radius 3 is 2.45 bits per heavy atom. The number of hydrogen-bond acceptors (Lipinski definition) is 4. The van der Waals surface area contributed by atoms with Crippen LogP contribution in [0.25, 0.3) is 0 Å². The summed E-state index contributed by atoms with van der Waals surface area (Å²) < 4.78 is 38.5. The number of carbonyl (C=O) groups excluding carboxylic acids is 1. The highest BCUT2D eigenvalue weighted by molar-refractivity contribution is 7.89. The highest BCUT2D eigenvalue weighted by Gasteiger charge is 2.26. The van der Waals surface area contributed by atoms with Crippen LogP contribution in [-0.2, 0) is 14.8 Å². The van der Waals surface area contributed by atoms with Gasteiger partial charge >= 0.3 is 5.97 Å². The maximum Gasteiger partial charge on any atom is 0.335 e. The summed E-state index contributed by atoms with van der Waals surface area (Å²) in [6.45, 7) is -0.473. The zero-order valence-electron chi connectivity index (χ0n) is 10.8. The standard InChI is InChI=1S/C11H13FN2O5S/c1-13-10(15)6-14(2)20(18,19)9-4-3-7(11(16)17)5-8(9)12/h3-5H,6H2,1-2H3,(H,13,15)(H,16,17). The van der Waals surface area contributed by atoms with E-state index in [0.717, 1.165) is 19.2 Å². The minimum absolute atomic E-state index is 0.365. The number of amides is 1. The Morgan fingerprint density at radius 2 is 2.00 bits per heavy atom. The fraction of sp³-hybridized carbons (Fsp3) is 0.273. The third kappa shape index (κ3) is 3.31. The van der Waals surface area contributed by atoms with Crippen LogP contribution in [0.5, 0.6) is 0 Å². The van der Waals surface area contributed by atoms with Crippen molar-refractivity contribution in [3.8, 4) is 0 Å². The van der Waals surface area contributed by atoms with Gasteiger partial charge in [0.05, 0.1) is 12.1 Å². The van der Waals surface area contributed by atoms with Crippen LogP contribution in [0, 0.1) is 5.82 Å². The van der Waals surface area contributed by atoms with E-state index in [9.17, 15) is 22.4 Å². The van der Waals surface area contributed by atoms with E-state index in [1.807, 2.05) is 0 Å². The molecular weight excluding hydrogens is 291 g/mol. The molecule has 0 saturated heterocycles. The van der Waals surface area contributed by atoms with Gasteiger partial charge in [0.2, 0.25) is 15.9 Å². The largest absolute Gasteiger partial charge is 0.478 e. The highest BCUT2D eigenvalue weighted by Crippen LogP contribution is 2.19. The Hall–Kier alpha value is -2.00. The molecule has 1 aromatic carbocycles. The van der Waals surface area contributed by atoms with Gasteiger partial charge < -0.3 is 10.4 Å². The molecule has 9 heteroatoms. The number of carboxylic acids is 1. The SMILES string of the molecule is CNC(=O)CN(C)S(=O)(=O)c1ccc(C(=O)O)cc1F. The highest BCUT2D eigenvalue weighted by atomic mass is 32.2. The number of hydrogen-bond donors (Lipinski definition) is 2. The Morgan fingerprint density at radius 1 is 1.40 bits per heavy atom. The first-order valence-electron chi connectivity index (χ1n) is 5.40. The quantitative estimate of drug-likeness (QED) is 0.790. The van der Waals surface area contributed by atoms with Crippen molar-refractivity contribution >= 4 is 21.9 Å². The number of sulfonamides is 1. The van der Waals surface area contributed by atoms with Crippen molar-refractivity contribution in [2.24, 2.45) is 0 Å². The van der Waals surface area contributed by atoms with Crippen molar-refractivity contribution in [1.82, 2.24) is 9.62 Å². The number of rotatable bonds is 5. The molecule has 20 heavy (non-hydrogen) atoms. The third-order valence-electron chi connectivity index (χ3n) is 2.51. The van der Waals surface area contributed by atoms with Gasteiger partial charge in [0.25, 0.3) is 0 Å². The Labute approximate surface area is 115 Å². The van der Waals surface area contributed by atoms with Gasteiger partial charge in [-0.25, -0.2) is 17.6 Å². The smallest absolute Gasteiger partial charge is 0.335 e. The summed E-state index contributed by atoms with van der Waals surface area (Å²) in [5.41, 5.74) is -0.365. The van der Waals surface area contributed by atoms with Gasteiger partial charge in [-0.1, -0.05) is 0 Å². The molecule has 0 aliphatic rings. The van der Waals surface area contributed by atoms with Crippen molar-refractivity contribution in [2.45, 2.75) is 4.90 Å². The first kappa shape index (κ1) is 16.1. The normalized spacial score (nSPS) is 11.4. The molecule has 0 aliphatic carbocycles. The first-order chi connectivity index (χ1) is 9.20. The molecular formula is C11H13FN2O5S. The van der Waals surface area contributed by atoms with E-state index in [0.29, 0.717) is 10.4 Å². The molecule has 110 valence electrons. The number of carboxylic acid groups (broad SMARTS) is 1. The summed E-state index contributed by atoms with van der Waals surface area (Å²) in [5, 5.41) is 10.9. The van der Waals surface area contributed by atoms with Crippen molar-refractivity contribution < 1.29 is 27.5 Å². The molecule has 0 unspecified atom stereocenters. The van der Waals surface area contributed by atoms with Crippen LogP contribution < -0.4 is 5.32 Å². The Kier molecular flexibility index (Phi) is 4.79. The van der Waals surface area contributed by atoms with Crippen LogP contribution in [0.1, 0.15) is 10.4 Å². The van der Waals surface area contributed by atoms with E-state index in [2.05, 4.69) is 5.32 Å². The van der Waals surface area contributed by atoms with Gasteiger partial charge in [0.15, 0.2) is 0 Å². The van der Waals surface area contributed by atoms with Gasteiger partial charge in [-0.2, -0.15) is 4.31 Å². The minimum atomic E-state index is -4.21. The van der Waals surface area contributed by atoms with Crippen LogP contribution in [0.15, 0.2) is 23.1 Å². The molecule has 0 saturated carbocycles. The topological polar surface area (TPSA) is 104 Å². The second kappa shape index (κ2) is 5.97. The number of likely N-dealkylation sites (N-methyl/N-ethyl adjacent to an activating group) is 2. The minimum Gasteiger partial charge on any atom is -0.478 e. The molecule has 0 radical (unpaired) electrons. The van der Waals surface area contributed by atoms with Crippen LogP contribution in [0.3, 0.4) is 0 Å². The molecule has 1 rings (SSSR count). The van der Waals surface area contributed by atoms with Crippen molar-refractivity contribution in [3.63, 3.8) is 0 Å². The monoisotopic (exact) mass is 304 g/mol. The summed E-state index contributed by atoms with van der Waals surface area (Å²) in [7, 11) is -1.75. The zero-order chi connectivity index (χ0) is 15.5. The van der Waals surface area contributed by atoms with Crippen molar-refractivity contribution in [3.05, 3.63) is 29.6 Å². The molecule has 0 spiro atoms. The molecule has 0 atom stereocenters. The van der Waals surface area contributed by atoms with Crippen LogP contribution in [0.4, 0.5) is 4.39 Å². The van der Waals surface area contributed by atoms with Crippen LogP contribution in [0.2, 0.25) is 0 Å². The molecule has 0 aromatic heterocycles. The predicted molar refractivity (Wildman–Crippen MR) is 67.2 cm³/mol. The summed E-state index contributed by atoms with van der Waals surface area (Å²) in [5.74, 6) is -3.11. The lowest BCUT2D eigenvalue weighted by Gasteiger charge is -2.16. The fourth-order valence-electron chi connectivity index (χ4n) is 1.38. The molecule has 2 N–H and O–H groups in total. The van der Waals surface area contributed by atoms with Crippen LogP contribution in [-0.4, -0.2) is 50.3 Å². The second-order valence-corrected chi connectivity index (χ2v) is 5.90. The van der Waals surface area contributed by atoms with E-state index in [4.69, 9.17) is 5.11 Å².